The van der Waals surface area contributed by atoms with Gasteiger partial charge >= 0.3 is 0 Å². The van der Waals surface area contributed by atoms with Crippen molar-refractivity contribution in [2.45, 2.75) is 66.0 Å². The Morgan fingerprint density at radius 1 is 1.30 bits per heavy atom. The van der Waals surface area contributed by atoms with Crippen molar-refractivity contribution in [1.29, 1.82) is 0 Å². The third-order valence-corrected chi connectivity index (χ3v) is 5.91. The van der Waals surface area contributed by atoms with E-state index in [1.165, 1.54) is 5.56 Å². The predicted octanol–water partition coefficient (Wildman–Crippen LogP) is 4.24. The largest absolute Gasteiger partial charge is 0.490 e. The molecule has 3 rings (SSSR count). The number of halogens is 1. The van der Waals surface area contributed by atoms with Crippen molar-refractivity contribution in [3.8, 4) is 5.75 Å². The summed E-state index contributed by atoms with van der Waals surface area (Å²) in [6, 6.07) is 6.26. The van der Waals surface area contributed by atoms with E-state index in [2.05, 4.69) is 56.5 Å². The topological polar surface area (TPSA) is 50.4 Å². The Hall–Kier alpha value is -1.26. The van der Waals surface area contributed by atoms with Crippen LogP contribution >= 0.6 is 12.4 Å². The van der Waals surface area contributed by atoms with Gasteiger partial charge in [0.15, 0.2) is 0 Å². The highest BCUT2D eigenvalue weighted by molar-refractivity contribution is 5.85. The maximum atomic E-state index is 12.6. The summed E-state index contributed by atoms with van der Waals surface area (Å²) < 4.78 is 6.20. The fraction of sp³-hybridized carbons (Fsp3) is 0.682. The molecule has 5 heteroatoms. The highest BCUT2D eigenvalue weighted by Crippen LogP contribution is 2.58. The third kappa shape index (κ3) is 5.61. The van der Waals surface area contributed by atoms with Gasteiger partial charge in [0, 0.05) is 18.0 Å². The van der Waals surface area contributed by atoms with Crippen molar-refractivity contribution in [3.05, 3.63) is 29.3 Å². The van der Waals surface area contributed by atoms with Crippen LogP contribution in [0.2, 0.25) is 0 Å². The second kappa shape index (κ2) is 9.29. The van der Waals surface area contributed by atoms with Crippen molar-refractivity contribution < 1.29 is 9.53 Å². The lowest BCUT2D eigenvalue weighted by atomic mass is 9.92. The quantitative estimate of drug-likeness (QED) is 0.727. The van der Waals surface area contributed by atoms with Crippen molar-refractivity contribution in [3.63, 3.8) is 0 Å². The van der Waals surface area contributed by atoms with Gasteiger partial charge in [-0.2, -0.15) is 0 Å². The summed E-state index contributed by atoms with van der Waals surface area (Å²) in [6.45, 7) is 11.3. The van der Waals surface area contributed by atoms with E-state index in [0.29, 0.717) is 12.5 Å². The lowest BCUT2D eigenvalue weighted by Gasteiger charge is -2.23. The lowest BCUT2D eigenvalue weighted by Crippen LogP contribution is -2.33. The van der Waals surface area contributed by atoms with Gasteiger partial charge in [-0.3, -0.25) is 4.79 Å². The molecule has 1 aliphatic carbocycles. The standard InChI is InChI=1S/C22H34N2O2.ClH/c1-15(2)11-17(4)26-20-12-16(3)5-6-18(20)14-24-21(25)19-13-22(19)7-9-23-10-8-22;/h5-6,12,15,17,19,23H,7-11,13-14H2,1-4H3,(H,24,25);1H. The van der Waals surface area contributed by atoms with Crippen LogP contribution in [0.4, 0.5) is 0 Å². The maximum Gasteiger partial charge on any atom is 0.223 e. The smallest absolute Gasteiger partial charge is 0.223 e. The van der Waals surface area contributed by atoms with E-state index >= 15 is 0 Å². The molecular formula is C22H35ClN2O2. The molecule has 0 aromatic heterocycles. The van der Waals surface area contributed by atoms with Crippen LogP contribution in [0.3, 0.4) is 0 Å². The zero-order valence-corrected chi connectivity index (χ0v) is 18.0. The van der Waals surface area contributed by atoms with Crippen molar-refractivity contribution in [1.82, 2.24) is 10.6 Å². The van der Waals surface area contributed by atoms with Crippen LogP contribution in [0, 0.1) is 24.2 Å². The highest BCUT2D eigenvalue weighted by Gasteiger charge is 2.57. The van der Waals surface area contributed by atoms with Crippen LogP contribution in [0.15, 0.2) is 18.2 Å². The molecule has 2 unspecified atom stereocenters. The van der Waals surface area contributed by atoms with E-state index in [1.807, 2.05) is 0 Å². The van der Waals surface area contributed by atoms with Crippen molar-refractivity contribution in [2.75, 3.05) is 13.1 Å². The SMILES string of the molecule is Cc1ccc(CNC(=O)C2CC23CCNCC3)c(OC(C)CC(C)C)c1.Cl. The first-order valence-electron chi connectivity index (χ1n) is 10.1. The molecule has 2 N–H and O–H groups in total. The van der Waals surface area contributed by atoms with Gasteiger partial charge in [-0.15, -0.1) is 12.4 Å². The average molecular weight is 395 g/mol. The number of carbonyl (C=O) groups excluding carboxylic acids is 1. The molecule has 27 heavy (non-hydrogen) atoms. The summed E-state index contributed by atoms with van der Waals surface area (Å²) in [5, 5.41) is 6.56. The number of benzene rings is 1. The van der Waals surface area contributed by atoms with Gasteiger partial charge in [0.25, 0.3) is 0 Å². The van der Waals surface area contributed by atoms with Crippen molar-refractivity contribution >= 4 is 18.3 Å². The van der Waals surface area contributed by atoms with Gasteiger partial charge in [-0.25, -0.2) is 0 Å². The minimum absolute atomic E-state index is 0. The minimum atomic E-state index is 0. The van der Waals surface area contributed by atoms with Crippen LogP contribution in [0.25, 0.3) is 0 Å². The molecule has 2 atom stereocenters. The maximum absolute atomic E-state index is 12.6. The first-order chi connectivity index (χ1) is 12.4. The monoisotopic (exact) mass is 394 g/mol. The zero-order chi connectivity index (χ0) is 18.7. The van der Waals surface area contributed by atoms with Crippen LogP contribution in [0.5, 0.6) is 5.75 Å². The van der Waals surface area contributed by atoms with E-state index in [1.54, 1.807) is 0 Å². The molecule has 1 amide bonds. The van der Waals surface area contributed by atoms with Gasteiger partial charge in [-0.1, -0.05) is 26.0 Å². The molecule has 0 radical (unpaired) electrons. The Bertz CT molecular complexity index is 641. The molecular weight excluding hydrogens is 360 g/mol. The van der Waals surface area contributed by atoms with Gasteiger partial charge in [-0.05, 0) is 75.6 Å². The number of hydrogen-bond donors (Lipinski definition) is 2. The average Bonchev–Trinajstić information content (AvgIpc) is 3.27. The summed E-state index contributed by atoms with van der Waals surface area (Å²) in [4.78, 5) is 12.6. The number of aryl methyl sites for hydroxylation is 1. The van der Waals surface area contributed by atoms with Gasteiger partial charge < -0.3 is 15.4 Å². The Morgan fingerprint density at radius 3 is 2.67 bits per heavy atom. The first-order valence-corrected chi connectivity index (χ1v) is 10.1. The van der Waals surface area contributed by atoms with Crippen LogP contribution in [-0.2, 0) is 11.3 Å². The second-order valence-corrected chi connectivity index (χ2v) is 8.76. The Kier molecular flexibility index (Phi) is 7.58. The van der Waals surface area contributed by atoms with Crippen LogP contribution in [0.1, 0.15) is 57.6 Å². The van der Waals surface area contributed by atoms with E-state index < -0.39 is 0 Å². The number of rotatable bonds is 7. The van der Waals surface area contributed by atoms with E-state index in [-0.39, 0.29) is 35.8 Å². The number of hydrogen-bond acceptors (Lipinski definition) is 3. The minimum Gasteiger partial charge on any atom is -0.490 e. The van der Waals surface area contributed by atoms with Crippen LogP contribution in [-0.4, -0.2) is 25.1 Å². The number of ether oxygens (including phenoxy) is 1. The Morgan fingerprint density at radius 2 is 2.00 bits per heavy atom. The normalized spacial score (nSPS) is 21.4. The molecule has 152 valence electrons. The highest BCUT2D eigenvalue weighted by atomic mass is 35.5. The third-order valence-electron chi connectivity index (χ3n) is 5.91. The van der Waals surface area contributed by atoms with Crippen LogP contribution < -0.4 is 15.4 Å². The fourth-order valence-electron chi connectivity index (χ4n) is 4.35. The number of amides is 1. The van der Waals surface area contributed by atoms with Crippen molar-refractivity contribution in [2.24, 2.45) is 17.3 Å². The molecule has 4 nitrogen and oxygen atoms in total. The summed E-state index contributed by atoms with van der Waals surface area (Å²) in [7, 11) is 0. The summed E-state index contributed by atoms with van der Waals surface area (Å²) in [5.41, 5.74) is 2.54. The van der Waals surface area contributed by atoms with E-state index in [0.717, 1.165) is 50.1 Å². The Labute approximate surface area is 170 Å². The number of piperidine rings is 1. The summed E-state index contributed by atoms with van der Waals surface area (Å²) in [6.07, 6.45) is 4.53. The molecule has 1 spiro atoms. The Balaban J connectivity index is 0.00000261. The molecule has 0 bridgehead atoms. The summed E-state index contributed by atoms with van der Waals surface area (Å²) in [5.74, 6) is 1.94. The number of carbonyl (C=O) groups is 1. The molecule has 1 heterocycles. The molecule has 1 aromatic rings. The molecule has 2 aliphatic rings. The second-order valence-electron chi connectivity index (χ2n) is 8.76. The summed E-state index contributed by atoms with van der Waals surface area (Å²) >= 11 is 0. The van der Waals surface area contributed by atoms with E-state index in [4.69, 9.17) is 4.74 Å². The molecule has 1 saturated carbocycles. The molecule has 1 aromatic carbocycles. The fourth-order valence-corrected chi connectivity index (χ4v) is 4.35. The number of nitrogens with one attached hydrogen (secondary N) is 2. The molecule has 1 saturated heterocycles. The molecule has 2 fully saturated rings. The predicted molar refractivity (Wildman–Crippen MR) is 112 cm³/mol. The van der Waals surface area contributed by atoms with Gasteiger partial charge in [0.1, 0.15) is 5.75 Å². The first kappa shape index (κ1) is 22.0. The van der Waals surface area contributed by atoms with Gasteiger partial charge in [0.05, 0.1) is 6.10 Å². The van der Waals surface area contributed by atoms with Gasteiger partial charge in [0.2, 0.25) is 5.91 Å². The lowest BCUT2D eigenvalue weighted by molar-refractivity contribution is -0.123. The van der Waals surface area contributed by atoms with E-state index in [9.17, 15) is 4.79 Å². The zero-order valence-electron chi connectivity index (χ0n) is 17.1. The molecule has 1 aliphatic heterocycles.